The molecule has 0 radical (unpaired) electrons. The lowest BCUT2D eigenvalue weighted by Crippen LogP contribution is -2.43. The number of aliphatic imine (C=N–C) groups is 1. The van der Waals surface area contributed by atoms with Crippen LogP contribution in [0.25, 0.3) is 10.9 Å². The van der Waals surface area contributed by atoms with Crippen molar-refractivity contribution in [1.82, 2.24) is 14.4 Å². The summed E-state index contributed by atoms with van der Waals surface area (Å²) in [4.78, 5) is 65.5. The smallest absolute Gasteiger partial charge is 0.297 e. The van der Waals surface area contributed by atoms with E-state index >= 15 is 0 Å². The van der Waals surface area contributed by atoms with Crippen molar-refractivity contribution in [3.63, 3.8) is 0 Å². The standard InChI is InChI=1S/C45H53Cl2N9O9S/c1-10-38(65-37-17-12-26(3)20-28(37)5)64-25-48-30-13-15-33(47)35(24-30)51-42(57)40(50-34-16-14-31(21-27(34)4)54(11-2)19-18-49-66(9,62)63)41-52-39-32(22-29(46)23-36(39)56(60)61)43(58)55(41)53-44(59)45(6,7)8/h12-17,20-24,38,48-49H,10-11,18-19,25H2,1-9H3,(H,51,57)(H,53,59)/b50-40+. The van der Waals surface area contributed by atoms with Crippen LogP contribution in [0.5, 0.6) is 5.75 Å². The number of halogens is 2. The van der Waals surface area contributed by atoms with Crippen molar-refractivity contribution in [2.75, 3.05) is 53.6 Å². The third-order valence-electron chi connectivity index (χ3n) is 10.0. The maximum atomic E-state index is 14.8. The molecule has 5 aromatic rings. The van der Waals surface area contributed by atoms with Gasteiger partial charge in [0, 0.05) is 53.9 Å². The number of aromatic nitrogens is 2. The van der Waals surface area contributed by atoms with Gasteiger partial charge in [-0.15, -0.1) is 0 Å². The molecule has 2 amide bonds. The summed E-state index contributed by atoms with van der Waals surface area (Å²) >= 11 is 12.9. The number of anilines is 3. The number of nitrogens with one attached hydrogen (secondary N) is 4. The van der Waals surface area contributed by atoms with E-state index < -0.39 is 66.8 Å². The molecule has 5 rings (SSSR count). The predicted octanol–water partition coefficient (Wildman–Crippen LogP) is 7.99. The molecule has 66 heavy (non-hydrogen) atoms. The number of nitro groups is 1. The van der Waals surface area contributed by atoms with Gasteiger partial charge < -0.3 is 25.0 Å². The number of hydrogen-bond acceptors (Lipinski definition) is 13. The lowest BCUT2D eigenvalue weighted by atomic mass is 9.96. The number of nitro benzene ring substituents is 1. The second-order valence-corrected chi connectivity index (χ2v) is 19.1. The molecule has 1 heterocycles. The molecule has 21 heteroatoms. The van der Waals surface area contributed by atoms with Crippen LogP contribution in [0.3, 0.4) is 0 Å². The number of non-ortho nitro benzene ring substituents is 1. The number of ether oxygens (including phenoxy) is 2. The summed E-state index contributed by atoms with van der Waals surface area (Å²) in [7, 11) is -3.42. The Bertz CT molecular complexity index is 2870. The second-order valence-electron chi connectivity index (χ2n) is 16.4. The molecule has 0 aliphatic heterocycles. The van der Waals surface area contributed by atoms with Crippen LogP contribution in [0.2, 0.25) is 10.0 Å². The summed E-state index contributed by atoms with van der Waals surface area (Å²) in [6, 6.07) is 17.9. The molecular formula is C45H53Cl2N9O9S. The molecule has 1 aromatic heterocycles. The average Bonchev–Trinajstić information content (AvgIpc) is 3.23. The number of nitrogens with zero attached hydrogens (tertiary/aromatic N) is 5. The first-order valence-corrected chi connectivity index (χ1v) is 23.5. The minimum absolute atomic E-state index is 0.00759. The topological polar surface area (TPSA) is 228 Å². The summed E-state index contributed by atoms with van der Waals surface area (Å²) in [5.41, 5.74) is 2.99. The fraction of sp³-hybridized carbons (Fsp3) is 0.356. The van der Waals surface area contributed by atoms with Gasteiger partial charge in [-0.1, -0.05) is 68.6 Å². The van der Waals surface area contributed by atoms with Gasteiger partial charge in [0.15, 0.2) is 17.1 Å². The van der Waals surface area contributed by atoms with Crippen molar-refractivity contribution in [3.05, 3.63) is 120 Å². The highest BCUT2D eigenvalue weighted by atomic mass is 35.5. The van der Waals surface area contributed by atoms with Gasteiger partial charge in [0.05, 0.1) is 33.0 Å². The van der Waals surface area contributed by atoms with E-state index in [1.165, 1.54) is 12.1 Å². The third-order valence-corrected chi connectivity index (χ3v) is 11.3. The Kier molecular flexibility index (Phi) is 16.5. The van der Waals surface area contributed by atoms with Crippen molar-refractivity contribution in [3.8, 4) is 5.75 Å². The number of carbonyl (C=O) groups excluding carboxylic acids is 2. The fourth-order valence-corrected chi connectivity index (χ4v) is 7.31. The molecule has 0 bridgehead atoms. The largest absolute Gasteiger partial charge is 0.465 e. The van der Waals surface area contributed by atoms with Crippen LogP contribution in [0.15, 0.2) is 76.5 Å². The van der Waals surface area contributed by atoms with Crippen molar-refractivity contribution in [2.24, 2.45) is 10.4 Å². The van der Waals surface area contributed by atoms with E-state index in [0.29, 0.717) is 46.9 Å². The van der Waals surface area contributed by atoms with Gasteiger partial charge in [0.1, 0.15) is 12.5 Å². The van der Waals surface area contributed by atoms with Gasteiger partial charge in [-0.2, -0.15) is 4.68 Å². The molecule has 0 spiro atoms. The Balaban J connectivity index is 1.60. The Labute approximate surface area is 392 Å². The summed E-state index contributed by atoms with van der Waals surface area (Å²) < 4.78 is 38.7. The number of amides is 2. The van der Waals surface area contributed by atoms with Crippen molar-refractivity contribution in [1.29, 1.82) is 0 Å². The van der Waals surface area contributed by atoms with Crippen LogP contribution in [0.1, 0.15) is 63.6 Å². The van der Waals surface area contributed by atoms with E-state index in [0.717, 1.165) is 23.4 Å². The van der Waals surface area contributed by atoms with E-state index in [1.54, 1.807) is 58.0 Å². The zero-order chi connectivity index (χ0) is 48.7. The maximum absolute atomic E-state index is 14.8. The normalized spacial score (nSPS) is 12.4. The Morgan fingerprint density at radius 2 is 1.73 bits per heavy atom. The van der Waals surface area contributed by atoms with Crippen LogP contribution in [-0.2, 0) is 24.3 Å². The number of rotatable bonds is 19. The number of benzene rings is 4. The summed E-state index contributed by atoms with van der Waals surface area (Å²) in [5.74, 6) is -1.49. The van der Waals surface area contributed by atoms with Gasteiger partial charge in [0.2, 0.25) is 22.2 Å². The molecule has 0 aliphatic rings. The van der Waals surface area contributed by atoms with Crippen molar-refractivity contribution < 1.29 is 32.4 Å². The fourth-order valence-electron chi connectivity index (χ4n) is 6.47. The molecule has 4 N–H and O–H groups in total. The number of aryl methyl sites for hydroxylation is 3. The zero-order valence-electron chi connectivity index (χ0n) is 38.0. The number of sulfonamides is 1. The Hall–Kier alpha value is -6.12. The Morgan fingerprint density at radius 3 is 2.35 bits per heavy atom. The minimum Gasteiger partial charge on any atom is -0.465 e. The number of likely N-dealkylation sites (N-methyl/N-ethyl adjacent to an activating group) is 1. The van der Waals surface area contributed by atoms with Crippen LogP contribution in [-0.4, -0.2) is 79.4 Å². The molecule has 1 unspecified atom stereocenters. The number of fused-ring (bicyclic) bond motifs is 1. The van der Waals surface area contributed by atoms with Gasteiger partial charge >= 0.3 is 0 Å². The summed E-state index contributed by atoms with van der Waals surface area (Å²) in [6.45, 7) is 15.3. The molecule has 1 atom stereocenters. The lowest BCUT2D eigenvalue weighted by molar-refractivity contribution is -0.383. The van der Waals surface area contributed by atoms with E-state index in [-0.39, 0.29) is 40.1 Å². The number of hydrogen-bond donors (Lipinski definition) is 4. The molecular weight excluding hydrogens is 914 g/mol. The maximum Gasteiger partial charge on any atom is 0.297 e. The van der Waals surface area contributed by atoms with Crippen LogP contribution < -0.4 is 36.0 Å². The molecule has 0 saturated heterocycles. The summed E-state index contributed by atoms with van der Waals surface area (Å²) in [6.07, 6.45) is 1.03. The SMILES string of the molecule is CCC(OCNc1ccc(Cl)c(NC(=O)/C(=N/c2ccc(N(CC)CCNS(C)(=O)=O)cc2C)c2nc3c([N+](=O)[O-])cc(Cl)cc3c(=O)n2NC(=O)C(C)(C)C)c1)Oc1ccc(C)cc1C. The minimum atomic E-state index is -3.42. The average molecular weight is 967 g/mol. The van der Waals surface area contributed by atoms with Gasteiger partial charge in [-0.3, -0.25) is 29.9 Å². The second kappa shape index (κ2) is 21.5. The van der Waals surface area contributed by atoms with Crippen molar-refractivity contribution >= 4 is 90.1 Å². The highest BCUT2D eigenvalue weighted by molar-refractivity contribution is 7.88. The highest BCUT2D eigenvalue weighted by Crippen LogP contribution is 2.31. The zero-order valence-corrected chi connectivity index (χ0v) is 40.4. The van der Waals surface area contributed by atoms with E-state index in [2.05, 4.69) is 25.8 Å². The van der Waals surface area contributed by atoms with Crippen molar-refractivity contribution in [2.45, 2.75) is 68.1 Å². The monoisotopic (exact) mass is 965 g/mol. The van der Waals surface area contributed by atoms with Gasteiger partial charge in [-0.05, 0) is 87.4 Å². The molecule has 0 saturated carbocycles. The first kappa shape index (κ1) is 50.9. The first-order valence-electron chi connectivity index (χ1n) is 20.8. The first-order chi connectivity index (χ1) is 31.0. The highest BCUT2D eigenvalue weighted by Gasteiger charge is 2.30. The van der Waals surface area contributed by atoms with Crippen LogP contribution in [0, 0.1) is 36.3 Å². The molecule has 352 valence electrons. The Morgan fingerprint density at radius 1 is 1.00 bits per heavy atom. The van der Waals surface area contributed by atoms with Gasteiger partial charge in [-0.25, -0.2) is 23.1 Å². The quantitative estimate of drug-likeness (QED) is 0.0267. The predicted molar refractivity (Wildman–Crippen MR) is 260 cm³/mol. The lowest BCUT2D eigenvalue weighted by Gasteiger charge is -2.24. The third kappa shape index (κ3) is 13.0. The summed E-state index contributed by atoms with van der Waals surface area (Å²) in [5, 5.41) is 17.9. The van der Waals surface area contributed by atoms with E-state index in [9.17, 15) is 32.9 Å². The molecule has 18 nitrogen and oxygen atoms in total. The molecule has 0 aliphatic carbocycles. The van der Waals surface area contributed by atoms with E-state index in [4.69, 9.17) is 37.7 Å². The van der Waals surface area contributed by atoms with Crippen LogP contribution in [0.4, 0.5) is 28.4 Å². The van der Waals surface area contributed by atoms with Gasteiger partial charge in [0.25, 0.3) is 17.2 Å². The van der Waals surface area contributed by atoms with Crippen LogP contribution >= 0.6 is 23.2 Å². The molecule has 0 fully saturated rings. The van der Waals surface area contributed by atoms with E-state index in [1.807, 2.05) is 50.8 Å². The number of carbonyl (C=O) groups is 2. The molecule has 4 aromatic carbocycles.